The molecule has 0 atom stereocenters. The van der Waals surface area contributed by atoms with E-state index >= 15 is 0 Å². The Hall–Kier alpha value is -0.850. The van der Waals surface area contributed by atoms with Crippen molar-refractivity contribution in [3.05, 3.63) is 24.0 Å². The first-order valence-electron chi connectivity index (χ1n) is 5.74. The number of aromatic nitrogens is 1. The van der Waals surface area contributed by atoms with Gasteiger partial charge in [-0.3, -0.25) is 4.90 Å². The Labute approximate surface area is 103 Å². The van der Waals surface area contributed by atoms with Crippen molar-refractivity contribution in [1.82, 2.24) is 13.8 Å². The Kier molecular flexibility index (Phi) is 3.56. The van der Waals surface area contributed by atoms with Gasteiger partial charge >= 0.3 is 0 Å². The molecule has 5 nitrogen and oxygen atoms in total. The summed E-state index contributed by atoms with van der Waals surface area (Å²) in [6, 6.07) is 4.13. The molecule has 6 heteroatoms. The molecular weight excluding hydrogens is 238 g/mol. The molecule has 0 aromatic carbocycles. The zero-order valence-corrected chi connectivity index (χ0v) is 11.2. The molecule has 0 saturated carbocycles. The number of sulfonamides is 1. The Morgan fingerprint density at radius 2 is 1.88 bits per heavy atom. The van der Waals surface area contributed by atoms with Gasteiger partial charge in [0.2, 0.25) is 10.0 Å². The Bertz CT molecular complexity index is 473. The van der Waals surface area contributed by atoms with Gasteiger partial charge in [0.05, 0.1) is 6.26 Å². The third kappa shape index (κ3) is 3.08. The molecule has 1 aromatic heterocycles. The average Bonchev–Trinajstić information content (AvgIpc) is 2.64. The van der Waals surface area contributed by atoms with Crippen molar-refractivity contribution in [1.29, 1.82) is 0 Å². The SMILES string of the molecule is Cn1cccc1CN1CCN(S(C)(=O)=O)CC1. The Balaban J connectivity index is 1.90. The first-order valence-corrected chi connectivity index (χ1v) is 7.59. The molecule has 0 amide bonds. The maximum atomic E-state index is 11.4. The smallest absolute Gasteiger partial charge is 0.211 e. The van der Waals surface area contributed by atoms with Crippen molar-refractivity contribution in [2.75, 3.05) is 32.4 Å². The molecule has 1 aliphatic heterocycles. The van der Waals surface area contributed by atoms with E-state index in [2.05, 4.69) is 15.5 Å². The van der Waals surface area contributed by atoms with Crippen molar-refractivity contribution >= 4 is 10.0 Å². The zero-order chi connectivity index (χ0) is 12.5. The highest BCUT2D eigenvalue weighted by Gasteiger charge is 2.23. The van der Waals surface area contributed by atoms with Gasteiger partial charge in [-0.05, 0) is 12.1 Å². The van der Waals surface area contributed by atoms with E-state index in [4.69, 9.17) is 0 Å². The minimum absolute atomic E-state index is 0.600. The van der Waals surface area contributed by atoms with E-state index in [-0.39, 0.29) is 0 Å². The lowest BCUT2D eigenvalue weighted by Gasteiger charge is -2.33. The van der Waals surface area contributed by atoms with Gasteiger partial charge < -0.3 is 4.57 Å². The predicted molar refractivity (Wildman–Crippen MR) is 67.1 cm³/mol. The van der Waals surface area contributed by atoms with Crippen LogP contribution in [0.25, 0.3) is 0 Å². The molecule has 0 unspecified atom stereocenters. The Morgan fingerprint density at radius 1 is 1.24 bits per heavy atom. The molecule has 1 aromatic rings. The summed E-state index contributed by atoms with van der Waals surface area (Å²) in [4.78, 5) is 2.29. The van der Waals surface area contributed by atoms with Crippen LogP contribution in [0.15, 0.2) is 18.3 Å². The van der Waals surface area contributed by atoms with Gasteiger partial charge in [-0.15, -0.1) is 0 Å². The topological polar surface area (TPSA) is 45.5 Å². The van der Waals surface area contributed by atoms with E-state index in [1.165, 1.54) is 11.9 Å². The van der Waals surface area contributed by atoms with Gasteiger partial charge in [0, 0.05) is 51.7 Å². The first kappa shape index (κ1) is 12.6. The van der Waals surface area contributed by atoms with E-state index < -0.39 is 10.0 Å². The van der Waals surface area contributed by atoms with Crippen LogP contribution in [0, 0.1) is 0 Å². The van der Waals surface area contributed by atoms with Crippen molar-refractivity contribution in [2.45, 2.75) is 6.54 Å². The Morgan fingerprint density at radius 3 is 2.35 bits per heavy atom. The van der Waals surface area contributed by atoms with E-state index in [1.54, 1.807) is 4.31 Å². The molecule has 17 heavy (non-hydrogen) atoms. The summed E-state index contributed by atoms with van der Waals surface area (Å²) < 4.78 is 26.4. The zero-order valence-electron chi connectivity index (χ0n) is 10.3. The number of hydrogen-bond acceptors (Lipinski definition) is 3. The summed E-state index contributed by atoms with van der Waals surface area (Å²) >= 11 is 0. The molecule has 96 valence electrons. The number of piperazine rings is 1. The number of aryl methyl sites for hydroxylation is 1. The molecule has 2 heterocycles. The molecule has 0 N–H and O–H groups in total. The molecule has 1 aliphatic rings. The lowest BCUT2D eigenvalue weighted by Crippen LogP contribution is -2.47. The fourth-order valence-electron chi connectivity index (χ4n) is 2.11. The largest absolute Gasteiger partial charge is 0.353 e. The predicted octanol–water partition coefficient (Wildman–Crippen LogP) is 0.102. The fraction of sp³-hybridized carbons (Fsp3) is 0.636. The third-order valence-corrected chi connectivity index (χ3v) is 4.54. The molecule has 0 aliphatic carbocycles. The second-order valence-electron chi connectivity index (χ2n) is 4.55. The molecular formula is C11H19N3O2S. The van der Waals surface area contributed by atoms with Gasteiger partial charge in [-0.25, -0.2) is 8.42 Å². The minimum Gasteiger partial charge on any atom is -0.353 e. The first-order chi connectivity index (χ1) is 7.97. The van der Waals surface area contributed by atoms with Crippen molar-refractivity contribution in [3.63, 3.8) is 0 Å². The van der Waals surface area contributed by atoms with E-state index in [0.29, 0.717) is 13.1 Å². The number of hydrogen-bond donors (Lipinski definition) is 0. The molecule has 1 fully saturated rings. The van der Waals surface area contributed by atoms with Gasteiger partial charge in [0.1, 0.15) is 0 Å². The summed E-state index contributed by atoms with van der Waals surface area (Å²) in [5.74, 6) is 0. The van der Waals surface area contributed by atoms with E-state index in [9.17, 15) is 8.42 Å². The molecule has 2 rings (SSSR count). The van der Waals surface area contributed by atoms with Crippen LogP contribution >= 0.6 is 0 Å². The van der Waals surface area contributed by atoms with Crippen LogP contribution in [0.5, 0.6) is 0 Å². The van der Waals surface area contributed by atoms with Crippen LogP contribution in [-0.4, -0.2) is 54.6 Å². The fourth-order valence-corrected chi connectivity index (χ4v) is 2.94. The maximum absolute atomic E-state index is 11.4. The summed E-state index contributed by atoms with van der Waals surface area (Å²) in [6.45, 7) is 3.70. The van der Waals surface area contributed by atoms with Crippen LogP contribution in [0.1, 0.15) is 5.69 Å². The van der Waals surface area contributed by atoms with Crippen molar-refractivity contribution in [3.8, 4) is 0 Å². The lowest BCUT2D eigenvalue weighted by molar-refractivity contribution is 0.179. The van der Waals surface area contributed by atoms with Crippen LogP contribution in [-0.2, 0) is 23.6 Å². The highest BCUT2D eigenvalue weighted by atomic mass is 32.2. The molecule has 1 saturated heterocycles. The van der Waals surface area contributed by atoms with E-state index in [0.717, 1.165) is 19.6 Å². The summed E-state index contributed by atoms with van der Waals surface area (Å²) in [7, 11) is -0.988. The number of nitrogens with zero attached hydrogens (tertiary/aromatic N) is 3. The lowest BCUT2D eigenvalue weighted by atomic mass is 10.3. The van der Waals surface area contributed by atoms with Gasteiger partial charge in [0.25, 0.3) is 0 Å². The summed E-state index contributed by atoms with van der Waals surface area (Å²) in [6.07, 6.45) is 3.31. The molecule has 0 bridgehead atoms. The van der Waals surface area contributed by atoms with Crippen LogP contribution in [0.3, 0.4) is 0 Å². The standard InChI is InChI=1S/C11H19N3O2S/c1-12-5-3-4-11(12)10-13-6-8-14(9-7-13)17(2,15)16/h3-5H,6-10H2,1-2H3. The van der Waals surface area contributed by atoms with Gasteiger partial charge in [-0.2, -0.15) is 4.31 Å². The summed E-state index contributed by atoms with van der Waals surface area (Å²) in [5, 5.41) is 0. The quantitative estimate of drug-likeness (QED) is 0.771. The van der Waals surface area contributed by atoms with Crippen LogP contribution in [0.2, 0.25) is 0 Å². The van der Waals surface area contributed by atoms with Crippen LogP contribution in [0.4, 0.5) is 0 Å². The van der Waals surface area contributed by atoms with E-state index in [1.807, 2.05) is 19.3 Å². The molecule has 0 spiro atoms. The normalized spacial score (nSPS) is 19.6. The third-order valence-electron chi connectivity index (χ3n) is 3.24. The van der Waals surface area contributed by atoms with Crippen molar-refractivity contribution in [2.24, 2.45) is 7.05 Å². The highest BCUT2D eigenvalue weighted by Crippen LogP contribution is 2.10. The summed E-state index contributed by atoms with van der Waals surface area (Å²) in [5.41, 5.74) is 1.26. The number of rotatable bonds is 3. The van der Waals surface area contributed by atoms with Gasteiger partial charge in [0.15, 0.2) is 0 Å². The molecule has 0 radical (unpaired) electrons. The monoisotopic (exact) mass is 257 g/mol. The second-order valence-corrected chi connectivity index (χ2v) is 6.53. The van der Waals surface area contributed by atoms with Crippen LogP contribution < -0.4 is 0 Å². The maximum Gasteiger partial charge on any atom is 0.211 e. The van der Waals surface area contributed by atoms with Gasteiger partial charge in [-0.1, -0.05) is 0 Å². The second kappa shape index (κ2) is 4.80. The highest BCUT2D eigenvalue weighted by molar-refractivity contribution is 7.88. The van der Waals surface area contributed by atoms with Crippen molar-refractivity contribution < 1.29 is 8.42 Å². The average molecular weight is 257 g/mol. The minimum atomic E-state index is -3.02.